The number of hydrogen-bond acceptors (Lipinski definition) is 3. The summed E-state index contributed by atoms with van der Waals surface area (Å²) in [7, 11) is 0. The first kappa shape index (κ1) is 20.1. The third-order valence-corrected chi connectivity index (χ3v) is 4.75. The number of benzene rings is 2. The van der Waals surface area contributed by atoms with Crippen LogP contribution in [0.2, 0.25) is 10.0 Å². The lowest BCUT2D eigenvalue weighted by molar-refractivity contribution is -0.118. The van der Waals surface area contributed by atoms with Crippen molar-refractivity contribution in [3.63, 3.8) is 0 Å². The lowest BCUT2D eigenvalue weighted by Gasteiger charge is -2.12. The van der Waals surface area contributed by atoms with Crippen molar-refractivity contribution >= 4 is 34.8 Å². The summed E-state index contributed by atoms with van der Waals surface area (Å²) in [4.78, 5) is 12.2. The molecule has 1 atom stereocenters. The predicted octanol–water partition coefficient (Wildman–Crippen LogP) is 5.55. The number of aryl methyl sites for hydroxylation is 2. The molecule has 1 unspecified atom stereocenters. The molecule has 26 heavy (non-hydrogen) atoms. The third-order valence-electron chi connectivity index (χ3n) is 3.90. The second-order valence-corrected chi connectivity index (χ2v) is 6.85. The first-order valence-corrected chi connectivity index (χ1v) is 9.02. The van der Waals surface area contributed by atoms with Crippen LogP contribution >= 0.6 is 23.2 Å². The lowest BCUT2D eigenvalue weighted by Crippen LogP contribution is -2.22. The highest BCUT2D eigenvalue weighted by Gasteiger charge is 2.17. The minimum Gasteiger partial charge on any atom is -0.494 e. The second kappa shape index (κ2) is 9.47. The van der Waals surface area contributed by atoms with Gasteiger partial charge in [0, 0.05) is 15.7 Å². The number of nitriles is 1. The molecular weight excluding hydrogens is 371 g/mol. The van der Waals surface area contributed by atoms with E-state index in [2.05, 4.69) is 5.32 Å². The fourth-order valence-electron chi connectivity index (χ4n) is 2.48. The van der Waals surface area contributed by atoms with E-state index in [0.29, 0.717) is 30.2 Å². The molecule has 0 spiro atoms. The first-order valence-electron chi connectivity index (χ1n) is 8.26. The molecule has 1 N–H and O–H groups in total. The Labute approximate surface area is 163 Å². The molecule has 0 aliphatic rings. The van der Waals surface area contributed by atoms with Gasteiger partial charge in [0.1, 0.15) is 11.7 Å². The third kappa shape index (κ3) is 5.66. The minimum atomic E-state index is -0.733. The average Bonchev–Trinajstić information content (AvgIpc) is 2.61. The molecule has 0 aromatic heterocycles. The van der Waals surface area contributed by atoms with Crippen molar-refractivity contribution in [2.24, 2.45) is 5.92 Å². The van der Waals surface area contributed by atoms with Gasteiger partial charge in [-0.25, -0.2) is 0 Å². The van der Waals surface area contributed by atoms with Gasteiger partial charge in [-0.05, 0) is 74.2 Å². The summed E-state index contributed by atoms with van der Waals surface area (Å²) in [6.45, 7) is 4.27. The second-order valence-electron chi connectivity index (χ2n) is 6.04. The maximum absolute atomic E-state index is 12.2. The van der Waals surface area contributed by atoms with Gasteiger partial charge in [0.2, 0.25) is 5.91 Å². The largest absolute Gasteiger partial charge is 0.494 e. The Morgan fingerprint density at radius 1 is 1.19 bits per heavy atom. The smallest absolute Gasteiger partial charge is 0.241 e. The van der Waals surface area contributed by atoms with Crippen molar-refractivity contribution in [1.82, 2.24) is 0 Å². The van der Waals surface area contributed by atoms with Crippen molar-refractivity contribution in [2.45, 2.75) is 26.7 Å². The van der Waals surface area contributed by atoms with E-state index in [9.17, 15) is 10.1 Å². The van der Waals surface area contributed by atoms with Gasteiger partial charge in [0.15, 0.2) is 0 Å². The molecule has 0 heterocycles. The Morgan fingerprint density at radius 3 is 2.38 bits per heavy atom. The van der Waals surface area contributed by atoms with E-state index in [1.165, 1.54) is 0 Å². The number of carbonyl (C=O) groups excluding carboxylic acids is 1. The fraction of sp³-hybridized carbons (Fsp3) is 0.300. The highest BCUT2D eigenvalue weighted by Crippen LogP contribution is 2.26. The highest BCUT2D eigenvalue weighted by atomic mass is 35.5. The molecule has 0 aliphatic carbocycles. The van der Waals surface area contributed by atoms with E-state index in [1.807, 2.05) is 32.0 Å². The zero-order valence-corrected chi connectivity index (χ0v) is 16.2. The number of carbonyl (C=O) groups is 1. The Bertz CT molecular complexity index is 791. The van der Waals surface area contributed by atoms with Crippen LogP contribution in [-0.2, 0) is 4.79 Å². The first-order chi connectivity index (χ1) is 12.4. The van der Waals surface area contributed by atoms with Crippen LogP contribution in [0.4, 0.5) is 5.69 Å². The van der Waals surface area contributed by atoms with Crippen molar-refractivity contribution < 1.29 is 9.53 Å². The number of hydrogen-bond donors (Lipinski definition) is 1. The maximum Gasteiger partial charge on any atom is 0.241 e. The number of ether oxygens (including phenoxy) is 1. The lowest BCUT2D eigenvalue weighted by atomic mass is 10.0. The van der Waals surface area contributed by atoms with Gasteiger partial charge in [0.05, 0.1) is 12.7 Å². The molecule has 2 aromatic carbocycles. The molecule has 136 valence electrons. The van der Waals surface area contributed by atoms with Crippen LogP contribution in [0.1, 0.15) is 24.0 Å². The summed E-state index contributed by atoms with van der Waals surface area (Å²) >= 11 is 12.0. The number of rotatable bonds is 7. The van der Waals surface area contributed by atoms with E-state index in [0.717, 1.165) is 21.9 Å². The summed E-state index contributed by atoms with van der Waals surface area (Å²) in [6.07, 6.45) is 1.01. The summed E-state index contributed by atoms with van der Waals surface area (Å²) in [5.74, 6) is -0.320. The molecule has 0 saturated carbocycles. The summed E-state index contributed by atoms with van der Waals surface area (Å²) < 4.78 is 5.71. The summed E-state index contributed by atoms with van der Waals surface area (Å²) in [5, 5.41) is 13.3. The van der Waals surface area contributed by atoms with Gasteiger partial charge in [0.25, 0.3) is 0 Å². The number of anilines is 1. The van der Waals surface area contributed by atoms with Gasteiger partial charge in [-0.3, -0.25) is 4.79 Å². The topological polar surface area (TPSA) is 62.1 Å². The number of nitrogens with one attached hydrogen (secondary N) is 1. The van der Waals surface area contributed by atoms with E-state index in [-0.39, 0.29) is 5.91 Å². The van der Waals surface area contributed by atoms with Crippen LogP contribution in [0, 0.1) is 31.1 Å². The maximum atomic E-state index is 12.2. The average molecular weight is 391 g/mol. The Morgan fingerprint density at radius 2 is 1.81 bits per heavy atom. The minimum absolute atomic E-state index is 0.326. The zero-order chi connectivity index (χ0) is 19.1. The Kier molecular flexibility index (Phi) is 7.32. The van der Waals surface area contributed by atoms with Gasteiger partial charge in [-0.15, -0.1) is 0 Å². The van der Waals surface area contributed by atoms with E-state index in [1.54, 1.807) is 24.3 Å². The van der Waals surface area contributed by atoms with E-state index >= 15 is 0 Å². The van der Waals surface area contributed by atoms with Crippen LogP contribution in [0.5, 0.6) is 5.75 Å². The van der Waals surface area contributed by atoms with Crippen LogP contribution in [0.15, 0.2) is 36.4 Å². The normalized spacial score (nSPS) is 11.5. The molecule has 1 amide bonds. The molecule has 0 saturated heterocycles. The van der Waals surface area contributed by atoms with Gasteiger partial charge < -0.3 is 10.1 Å². The van der Waals surface area contributed by atoms with Crippen molar-refractivity contribution in [3.05, 3.63) is 57.6 Å². The quantitative estimate of drug-likeness (QED) is 0.630. The van der Waals surface area contributed by atoms with Crippen LogP contribution in [0.25, 0.3) is 0 Å². The Hall–Kier alpha value is -2.22. The summed E-state index contributed by atoms with van der Waals surface area (Å²) in [6, 6.07) is 12.6. The van der Waals surface area contributed by atoms with Crippen LogP contribution in [0.3, 0.4) is 0 Å². The van der Waals surface area contributed by atoms with Crippen LogP contribution in [-0.4, -0.2) is 12.5 Å². The predicted molar refractivity (Wildman–Crippen MR) is 105 cm³/mol. The zero-order valence-electron chi connectivity index (χ0n) is 14.7. The van der Waals surface area contributed by atoms with E-state index in [4.69, 9.17) is 27.9 Å². The van der Waals surface area contributed by atoms with Crippen molar-refractivity contribution in [1.29, 1.82) is 5.26 Å². The number of nitrogens with zero attached hydrogens (tertiary/aromatic N) is 1. The van der Waals surface area contributed by atoms with Gasteiger partial charge >= 0.3 is 0 Å². The molecule has 2 rings (SSSR count). The van der Waals surface area contributed by atoms with Crippen molar-refractivity contribution in [3.8, 4) is 11.8 Å². The molecular formula is C20H20Cl2N2O2. The molecule has 2 aromatic rings. The fourth-order valence-corrected chi connectivity index (χ4v) is 2.72. The summed E-state index contributed by atoms with van der Waals surface area (Å²) in [5.41, 5.74) is 2.53. The monoisotopic (exact) mass is 390 g/mol. The molecule has 0 bridgehead atoms. The molecule has 6 heteroatoms. The molecule has 0 fully saturated rings. The van der Waals surface area contributed by atoms with Crippen LogP contribution < -0.4 is 10.1 Å². The molecule has 4 nitrogen and oxygen atoms in total. The molecule has 0 radical (unpaired) electrons. The number of amides is 1. The standard InChI is InChI=1S/C20H20Cl2N2O2/c1-13-10-18(11-14(2)19(13)22)26-9-3-4-15(12-23)20(25)24-17-7-5-16(21)6-8-17/h5-8,10-11,15H,3-4,9H2,1-2H3,(H,24,25). The highest BCUT2D eigenvalue weighted by molar-refractivity contribution is 6.32. The van der Waals surface area contributed by atoms with Gasteiger partial charge in [-0.2, -0.15) is 5.26 Å². The number of halogens is 2. The SMILES string of the molecule is Cc1cc(OCCCC(C#N)C(=O)Nc2ccc(Cl)cc2)cc(C)c1Cl. The van der Waals surface area contributed by atoms with E-state index < -0.39 is 5.92 Å². The van der Waals surface area contributed by atoms with Crippen molar-refractivity contribution in [2.75, 3.05) is 11.9 Å². The molecule has 0 aliphatic heterocycles. The Balaban J connectivity index is 1.82. The van der Waals surface area contributed by atoms with Gasteiger partial charge in [-0.1, -0.05) is 23.2 Å².